The zero-order valence-corrected chi connectivity index (χ0v) is 10.3. The molecule has 17 heavy (non-hydrogen) atoms. The van der Waals surface area contributed by atoms with E-state index in [-0.39, 0.29) is 12.5 Å². The summed E-state index contributed by atoms with van der Waals surface area (Å²) >= 11 is 5.83. The predicted molar refractivity (Wildman–Crippen MR) is 67.9 cm³/mol. The van der Waals surface area contributed by atoms with Gasteiger partial charge in [0.25, 0.3) is 0 Å². The number of carbonyl (C=O) groups is 1. The van der Waals surface area contributed by atoms with Crippen LogP contribution in [-0.2, 0) is 4.79 Å². The first-order chi connectivity index (χ1) is 8.13. The average molecular weight is 252 g/mol. The van der Waals surface area contributed by atoms with E-state index in [1.807, 2.05) is 25.1 Å². The number of aryl methyl sites for hydroxylation is 1. The van der Waals surface area contributed by atoms with Gasteiger partial charge in [0.15, 0.2) is 0 Å². The van der Waals surface area contributed by atoms with Crippen LogP contribution >= 0.6 is 11.6 Å². The van der Waals surface area contributed by atoms with Gasteiger partial charge in [-0.3, -0.25) is 4.79 Å². The summed E-state index contributed by atoms with van der Waals surface area (Å²) in [6.45, 7) is 2.49. The summed E-state index contributed by atoms with van der Waals surface area (Å²) in [5.41, 5.74) is 1.87. The number of amides is 1. The molecule has 1 aromatic carbocycles. The van der Waals surface area contributed by atoms with Crippen LogP contribution in [0.5, 0.6) is 0 Å². The van der Waals surface area contributed by atoms with Gasteiger partial charge in [0.2, 0.25) is 5.91 Å². The van der Waals surface area contributed by atoms with Gasteiger partial charge in [-0.25, -0.2) is 0 Å². The topological polar surface area (TPSA) is 64.9 Å². The van der Waals surface area contributed by atoms with Gasteiger partial charge in [-0.2, -0.15) is 5.26 Å². The zero-order valence-electron chi connectivity index (χ0n) is 9.59. The first-order valence-electron chi connectivity index (χ1n) is 5.27. The van der Waals surface area contributed by atoms with E-state index in [9.17, 15) is 4.79 Å². The van der Waals surface area contributed by atoms with Crippen LogP contribution in [0.4, 0.5) is 5.69 Å². The van der Waals surface area contributed by atoms with Crippen molar-refractivity contribution in [3.8, 4) is 6.07 Å². The Morgan fingerprint density at radius 2 is 2.29 bits per heavy atom. The van der Waals surface area contributed by atoms with Crippen molar-refractivity contribution in [2.45, 2.75) is 13.3 Å². The van der Waals surface area contributed by atoms with E-state index in [1.165, 1.54) is 0 Å². The molecule has 0 aromatic heterocycles. The Balaban J connectivity index is 2.40. The van der Waals surface area contributed by atoms with Crippen molar-refractivity contribution in [1.29, 1.82) is 5.26 Å². The number of hydrogen-bond acceptors (Lipinski definition) is 3. The molecule has 5 heteroatoms. The van der Waals surface area contributed by atoms with Crippen LogP contribution in [-0.4, -0.2) is 19.0 Å². The minimum Gasteiger partial charge on any atom is -0.376 e. The highest BCUT2D eigenvalue weighted by Gasteiger charge is 2.02. The third kappa shape index (κ3) is 4.75. The van der Waals surface area contributed by atoms with Crippen LogP contribution in [0.15, 0.2) is 18.2 Å². The Labute approximate surface area is 106 Å². The molecule has 2 N–H and O–H groups in total. The first kappa shape index (κ1) is 13.3. The third-order valence-electron chi connectivity index (χ3n) is 2.19. The molecule has 0 heterocycles. The second kappa shape index (κ2) is 6.77. The first-order valence-corrected chi connectivity index (χ1v) is 5.65. The average Bonchev–Trinajstić information content (AvgIpc) is 2.28. The number of halogens is 1. The summed E-state index contributed by atoms with van der Waals surface area (Å²) in [7, 11) is 0. The Morgan fingerprint density at radius 1 is 1.53 bits per heavy atom. The molecule has 1 aromatic rings. The highest BCUT2D eigenvalue weighted by molar-refractivity contribution is 6.30. The van der Waals surface area contributed by atoms with E-state index in [0.29, 0.717) is 18.0 Å². The molecule has 0 aliphatic carbocycles. The van der Waals surface area contributed by atoms with E-state index in [2.05, 4.69) is 10.6 Å². The minimum absolute atomic E-state index is 0.130. The molecule has 0 fully saturated rings. The number of nitriles is 1. The van der Waals surface area contributed by atoms with Crippen molar-refractivity contribution >= 4 is 23.2 Å². The summed E-state index contributed by atoms with van der Waals surface area (Å²) < 4.78 is 0. The molecule has 4 nitrogen and oxygen atoms in total. The lowest BCUT2D eigenvalue weighted by molar-refractivity contribution is -0.119. The van der Waals surface area contributed by atoms with E-state index in [4.69, 9.17) is 16.9 Å². The van der Waals surface area contributed by atoms with Crippen molar-refractivity contribution in [3.05, 3.63) is 28.8 Å². The lowest BCUT2D eigenvalue weighted by atomic mass is 10.2. The standard InChI is InChI=1S/C12H14ClN3O/c1-9-7-10(13)3-4-11(9)16-8-12(17)15-6-2-5-14/h3-4,7,16H,2,6,8H2,1H3,(H,15,17). The molecule has 0 saturated carbocycles. The van der Waals surface area contributed by atoms with Crippen LogP contribution in [0, 0.1) is 18.3 Å². The maximum absolute atomic E-state index is 11.4. The summed E-state index contributed by atoms with van der Waals surface area (Å²) in [5.74, 6) is -0.130. The Bertz CT molecular complexity index is 440. The number of nitrogens with zero attached hydrogens (tertiary/aromatic N) is 1. The van der Waals surface area contributed by atoms with Gasteiger partial charge in [0.1, 0.15) is 0 Å². The van der Waals surface area contributed by atoms with Crippen LogP contribution in [0.1, 0.15) is 12.0 Å². The van der Waals surface area contributed by atoms with Crippen molar-refractivity contribution in [2.24, 2.45) is 0 Å². The smallest absolute Gasteiger partial charge is 0.239 e. The number of rotatable bonds is 5. The van der Waals surface area contributed by atoms with Gasteiger partial charge in [-0.1, -0.05) is 11.6 Å². The molecule has 0 aliphatic heterocycles. The van der Waals surface area contributed by atoms with Crippen LogP contribution < -0.4 is 10.6 Å². The van der Waals surface area contributed by atoms with Crippen molar-refractivity contribution in [1.82, 2.24) is 5.32 Å². The molecule has 90 valence electrons. The number of nitrogens with one attached hydrogen (secondary N) is 2. The van der Waals surface area contributed by atoms with Gasteiger partial charge < -0.3 is 10.6 Å². The van der Waals surface area contributed by atoms with Crippen molar-refractivity contribution in [2.75, 3.05) is 18.4 Å². The summed E-state index contributed by atoms with van der Waals surface area (Å²) in [4.78, 5) is 11.4. The minimum atomic E-state index is -0.130. The summed E-state index contributed by atoms with van der Waals surface area (Å²) in [6, 6.07) is 7.40. The molecule has 0 radical (unpaired) electrons. The maximum Gasteiger partial charge on any atom is 0.239 e. The summed E-state index contributed by atoms with van der Waals surface area (Å²) in [6.07, 6.45) is 0.325. The SMILES string of the molecule is Cc1cc(Cl)ccc1NCC(=O)NCCC#N. The summed E-state index contributed by atoms with van der Waals surface area (Å²) in [5, 5.41) is 14.6. The highest BCUT2D eigenvalue weighted by atomic mass is 35.5. The van der Waals surface area contributed by atoms with Crippen LogP contribution in [0.2, 0.25) is 5.02 Å². The van der Waals surface area contributed by atoms with E-state index in [1.54, 1.807) is 6.07 Å². The molecule has 1 amide bonds. The normalized spacial score (nSPS) is 9.47. The predicted octanol–water partition coefficient (Wildman–Crippen LogP) is 2.09. The second-order valence-corrected chi connectivity index (χ2v) is 4.01. The lowest BCUT2D eigenvalue weighted by Crippen LogP contribution is -2.30. The molecule has 0 spiro atoms. The van der Waals surface area contributed by atoms with Gasteiger partial charge in [-0.15, -0.1) is 0 Å². The fourth-order valence-corrected chi connectivity index (χ4v) is 1.55. The largest absolute Gasteiger partial charge is 0.376 e. The second-order valence-electron chi connectivity index (χ2n) is 3.57. The molecule has 0 unspecified atom stereocenters. The lowest BCUT2D eigenvalue weighted by Gasteiger charge is -2.09. The fourth-order valence-electron chi connectivity index (χ4n) is 1.32. The van der Waals surface area contributed by atoms with Gasteiger partial charge in [0, 0.05) is 17.3 Å². The van der Waals surface area contributed by atoms with Crippen molar-refractivity contribution in [3.63, 3.8) is 0 Å². The fraction of sp³-hybridized carbons (Fsp3) is 0.333. The van der Waals surface area contributed by atoms with E-state index < -0.39 is 0 Å². The zero-order chi connectivity index (χ0) is 12.7. The van der Waals surface area contributed by atoms with Gasteiger partial charge in [0.05, 0.1) is 19.0 Å². The monoisotopic (exact) mass is 251 g/mol. The molecule has 0 aliphatic rings. The van der Waals surface area contributed by atoms with E-state index >= 15 is 0 Å². The maximum atomic E-state index is 11.4. The quantitative estimate of drug-likeness (QED) is 0.788. The number of carbonyl (C=O) groups excluding carboxylic acids is 1. The number of anilines is 1. The molecule has 0 saturated heterocycles. The molecular formula is C12H14ClN3O. The van der Waals surface area contributed by atoms with E-state index in [0.717, 1.165) is 11.3 Å². The Morgan fingerprint density at radius 3 is 2.94 bits per heavy atom. The Hall–Kier alpha value is -1.73. The van der Waals surface area contributed by atoms with Crippen LogP contribution in [0.3, 0.4) is 0 Å². The number of hydrogen-bond donors (Lipinski definition) is 2. The molecular weight excluding hydrogens is 238 g/mol. The molecule has 0 atom stereocenters. The third-order valence-corrected chi connectivity index (χ3v) is 2.42. The van der Waals surface area contributed by atoms with Crippen LogP contribution in [0.25, 0.3) is 0 Å². The number of benzene rings is 1. The molecule has 0 bridgehead atoms. The van der Waals surface area contributed by atoms with Crippen molar-refractivity contribution < 1.29 is 4.79 Å². The molecule has 1 rings (SSSR count). The van der Waals surface area contributed by atoms with Gasteiger partial charge in [-0.05, 0) is 30.7 Å². The van der Waals surface area contributed by atoms with Gasteiger partial charge >= 0.3 is 0 Å². The Kier molecular flexibility index (Phi) is 5.31. The highest BCUT2D eigenvalue weighted by Crippen LogP contribution is 2.19.